The second-order valence-corrected chi connectivity index (χ2v) is 8.76. The number of aromatic nitrogens is 2. The maximum atomic E-state index is 13.4. The van der Waals surface area contributed by atoms with E-state index in [1.807, 2.05) is 0 Å². The van der Waals surface area contributed by atoms with Gasteiger partial charge in [-0.3, -0.25) is 9.59 Å². The van der Waals surface area contributed by atoms with E-state index in [4.69, 9.17) is 11.6 Å². The summed E-state index contributed by atoms with van der Waals surface area (Å²) in [5, 5.41) is 5.71. The summed E-state index contributed by atoms with van der Waals surface area (Å²) >= 11 is 8.45. The lowest BCUT2D eigenvalue weighted by Gasteiger charge is -2.16. The van der Waals surface area contributed by atoms with Gasteiger partial charge < -0.3 is 10.6 Å². The van der Waals surface area contributed by atoms with Crippen molar-refractivity contribution in [2.24, 2.45) is 0 Å². The van der Waals surface area contributed by atoms with E-state index in [1.165, 1.54) is 0 Å². The van der Waals surface area contributed by atoms with Crippen LogP contribution in [0.2, 0.25) is 5.02 Å². The fraction of sp³-hybridized carbons (Fsp3) is 0.143. The Bertz CT molecular complexity index is 1040. The molecule has 0 bridgehead atoms. The first-order chi connectivity index (χ1) is 15.7. The number of alkyl halides is 3. The minimum absolute atomic E-state index is 0.0913. The maximum Gasteiger partial charge on any atom is 0.416 e. The fourth-order valence-corrected chi connectivity index (χ4v) is 4.01. The molecule has 1 aromatic carbocycles. The number of carbonyl (C=O) groups is 2. The predicted octanol–water partition coefficient (Wildman–Crippen LogP) is 5.61. The van der Waals surface area contributed by atoms with Crippen molar-refractivity contribution in [3.8, 4) is 0 Å². The van der Waals surface area contributed by atoms with Crippen molar-refractivity contribution in [3.05, 3.63) is 71.5 Å². The van der Waals surface area contributed by atoms with Crippen LogP contribution in [-0.4, -0.2) is 33.3 Å². The summed E-state index contributed by atoms with van der Waals surface area (Å²) in [6.45, 7) is 0. The highest BCUT2D eigenvalue weighted by Gasteiger charge is 2.32. The Morgan fingerprint density at radius 1 is 0.848 bits per heavy atom. The second-order valence-electron chi connectivity index (χ2n) is 6.39. The van der Waals surface area contributed by atoms with Gasteiger partial charge in [-0.25, -0.2) is 9.97 Å². The number of amides is 2. The van der Waals surface area contributed by atoms with E-state index in [2.05, 4.69) is 20.6 Å². The highest BCUT2D eigenvalue weighted by atomic mass is 35.5. The van der Waals surface area contributed by atoms with Gasteiger partial charge in [0.1, 0.15) is 0 Å². The van der Waals surface area contributed by atoms with Crippen molar-refractivity contribution >= 4 is 58.3 Å². The molecule has 0 radical (unpaired) electrons. The number of nitrogens with zero attached hydrogens (tertiary/aromatic N) is 2. The van der Waals surface area contributed by atoms with E-state index in [0.717, 1.165) is 35.7 Å². The molecule has 172 valence electrons. The van der Waals surface area contributed by atoms with Crippen molar-refractivity contribution in [2.45, 2.75) is 16.2 Å². The van der Waals surface area contributed by atoms with Gasteiger partial charge in [-0.1, -0.05) is 47.3 Å². The Kier molecular flexibility index (Phi) is 8.59. The third kappa shape index (κ3) is 7.65. The smallest absolute Gasteiger partial charge is 0.324 e. The van der Waals surface area contributed by atoms with E-state index in [-0.39, 0.29) is 27.9 Å². The lowest BCUT2D eigenvalue weighted by Crippen LogP contribution is -2.18. The summed E-state index contributed by atoms with van der Waals surface area (Å²) in [5.74, 6) is -1.33. The zero-order valence-corrected chi connectivity index (χ0v) is 19.1. The number of rotatable bonds is 8. The number of halogens is 4. The van der Waals surface area contributed by atoms with E-state index in [9.17, 15) is 22.8 Å². The van der Waals surface area contributed by atoms with Gasteiger partial charge >= 0.3 is 6.18 Å². The molecule has 6 nitrogen and oxygen atoms in total. The SMILES string of the molecule is O=C(CSc1ccccn1)Nc1cc(C(F)(F)F)cc(NC(=O)CSc2ccccn2)c1Cl. The van der Waals surface area contributed by atoms with Gasteiger partial charge in [0.2, 0.25) is 11.8 Å². The van der Waals surface area contributed by atoms with Gasteiger partial charge in [0.05, 0.1) is 43.5 Å². The minimum atomic E-state index is -4.71. The normalized spacial score (nSPS) is 11.2. The summed E-state index contributed by atoms with van der Waals surface area (Å²) in [6.07, 6.45) is -1.59. The van der Waals surface area contributed by atoms with Crippen molar-refractivity contribution < 1.29 is 22.8 Å². The summed E-state index contributed by atoms with van der Waals surface area (Å²) in [4.78, 5) is 32.7. The monoisotopic (exact) mass is 512 g/mol. The number of carbonyl (C=O) groups excluding carboxylic acids is 2. The number of hydrogen-bond donors (Lipinski definition) is 2. The fourth-order valence-electron chi connectivity index (χ4n) is 2.49. The molecule has 33 heavy (non-hydrogen) atoms. The Hall–Kier alpha value is -2.76. The molecule has 0 saturated carbocycles. The third-order valence-corrected chi connectivity index (χ3v) is 6.22. The minimum Gasteiger partial charge on any atom is -0.324 e. The van der Waals surface area contributed by atoms with Crippen molar-refractivity contribution in [1.82, 2.24) is 9.97 Å². The Balaban J connectivity index is 1.72. The Labute approximate surface area is 200 Å². The largest absolute Gasteiger partial charge is 0.416 e. The van der Waals surface area contributed by atoms with Crippen LogP contribution in [0.15, 0.2) is 71.0 Å². The molecule has 3 aromatic rings. The van der Waals surface area contributed by atoms with Crippen molar-refractivity contribution in [3.63, 3.8) is 0 Å². The highest BCUT2D eigenvalue weighted by Crippen LogP contribution is 2.39. The molecule has 0 spiro atoms. The number of nitrogens with one attached hydrogen (secondary N) is 2. The van der Waals surface area contributed by atoms with Gasteiger partial charge in [0.25, 0.3) is 0 Å². The molecule has 0 saturated heterocycles. The number of benzene rings is 1. The molecule has 0 fully saturated rings. The molecule has 2 amide bonds. The standard InChI is InChI=1S/C21H16ClF3N4O2S2/c22-20-14(28-16(30)11-32-18-5-1-3-7-26-18)9-13(21(23,24)25)10-15(20)29-17(31)12-33-19-6-2-4-8-27-19/h1-10H,11-12H2,(H,28,30)(H,29,31). The summed E-state index contributed by atoms with van der Waals surface area (Å²) in [7, 11) is 0. The van der Waals surface area contributed by atoms with E-state index in [0.29, 0.717) is 10.1 Å². The second kappa shape index (κ2) is 11.4. The summed E-state index contributed by atoms with van der Waals surface area (Å²) < 4.78 is 40.2. The molecular weight excluding hydrogens is 497 g/mol. The lowest BCUT2D eigenvalue weighted by molar-refractivity contribution is -0.137. The Morgan fingerprint density at radius 3 is 1.67 bits per heavy atom. The first kappa shape index (κ1) is 24.9. The predicted molar refractivity (Wildman–Crippen MR) is 124 cm³/mol. The van der Waals surface area contributed by atoms with Gasteiger partial charge in [0.15, 0.2) is 0 Å². The van der Waals surface area contributed by atoms with Crippen LogP contribution in [0.1, 0.15) is 5.56 Å². The van der Waals surface area contributed by atoms with Crippen molar-refractivity contribution in [2.75, 3.05) is 22.1 Å². The summed E-state index contributed by atoms with van der Waals surface area (Å²) in [6, 6.07) is 11.8. The molecular formula is C21H16ClF3N4O2S2. The molecule has 12 heteroatoms. The number of thioether (sulfide) groups is 2. The zero-order valence-electron chi connectivity index (χ0n) is 16.7. The molecule has 0 unspecified atom stereocenters. The zero-order chi connectivity index (χ0) is 23.8. The Morgan fingerprint density at radius 2 is 1.30 bits per heavy atom. The number of hydrogen-bond acceptors (Lipinski definition) is 6. The van der Waals surface area contributed by atoms with E-state index < -0.39 is 23.6 Å². The van der Waals surface area contributed by atoms with Crippen LogP contribution < -0.4 is 10.6 Å². The maximum absolute atomic E-state index is 13.4. The number of anilines is 2. The quantitative estimate of drug-likeness (QED) is 0.382. The van der Waals surface area contributed by atoms with Crippen LogP contribution in [0.25, 0.3) is 0 Å². The van der Waals surface area contributed by atoms with Crippen LogP contribution in [0, 0.1) is 0 Å². The van der Waals surface area contributed by atoms with Gasteiger partial charge in [-0.05, 0) is 36.4 Å². The third-order valence-electron chi connectivity index (χ3n) is 3.93. The molecule has 2 N–H and O–H groups in total. The average molecular weight is 513 g/mol. The molecule has 0 aliphatic rings. The van der Waals surface area contributed by atoms with Crippen LogP contribution in [0.5, 0.6) is 0 Å². The first-order valence-electron chi connectivity index (χ1n) is 9.30. The number of pyridine rings is 2. The molecule has 0 aliphatic heterocycles. The summed E-state index contributed by atoms with van der Waals surface area (Å²) in [5.41, 5.74) is -1.58. The molecule has 3 rings (SSSR count). The van der Waals surface area contributed by atoms with Gasteiger partial charge in [-0.15, -0.1) is 0 Å². The van der Waals surface area contributed by atoms with Crippen molar-refractivity contribution in [1.29, 1.82) is 0 Å². The average Bonchev–Trinajstić information content (AvgIpc) is 2.79. The van der Waals surface area contributed by atoms with Gasteiger partial charge in [-0.2, -0.15) is 13.2 Å². The van der Waals surface area contributed by atoms with Crippen LogP contribution in [-0.2, 0) is 15.8 Å². The topological polar surface area (TPSA) is 84.0 Å². The van der Waals surface area contributed by atoms with E-state index >= 15 is 0 Å². The lowest BCUT2D eigenvalue weighted by atomic mass is 10.1. The molecule has 0 aliphatic carbocycles. The van der Waals surface area contributed by atoms with Crippen LogP contribution in [0.4, 0.5) is 24.5 Å². The first-order valence-corrected chi connectivity index (χ1v) is 11.7. The van der Waals surface area contributed by atoms with Crippen LogP contribution >= 0.6 is 35.1 Å². The molecule has 2 heterocycles. The molecule has 0 atom stereocenters. The van der Waals surface area contributed by atoms with Gasteiger partial charge in [0, 0.05) is 12.4 Å². The molecule has 2 aromatic heterocycles. The van der Waals surface area contributed by atoms with Crippen LogP contribution in [0.3, 0.4) is 0 Å². The highest BCUT2D eigenvalue weighted by molar-refractivity contribution is 8.00. The van der Waals surface area contributed by atoms with E-state index in [1.54, 1.807) is 48.8 Å².